The molecular formula is C14H24N2O. The zero-order valence-electron chi connectivity index (χ0n) is 10.5. The number of nitrogens with two attached hydrogens (primary N) is 1. The van der Waals surface area contributed by atoms with Crippen LogP contribution in [0.15, 0.2) is 0 Å². The van der Waals surface area contributed by atoms with Crippen molar-refractivity contribution in [2.24, 2.45) is 29.4 Å². The Balaban J connectivity index is 1.25. The molecule has 3 nitrogen and oxygen atoms in total. The van der Waals surface area contributed by atoms with Crippen LogP contribution in [0.3, 0.4) is 0 Å². The molecular weight excluding hydrogens is 212 g/mol. The minimum Gasteiger partial charge on any atom is -0.372 e. The molecule has 4 aliphatic rings. The van der Waals surface area contributed by atoms with Gasteiger partial charge in [-0.2, -0.15) is 0 Å². The summed E-state index contributed by atoms with van der Waals surface area (Å²) in [5, 5.41) is 3.78. The summed E-state index contributed by atoms with van der Waals surface area (Å²) in [6.45, 7) is 1.75. The van der Waals surface area contributed by atoms with Gasteiger partial charge in [-0.05, 0) is 55.8 Å². The molecule has 4 fully saturated rings. The van der Waals surface area contributed by atoms with Crippen molar-refractivity contribution in [3.05, 3.63) is 0 Å². The number of hydrogen-bond donors (Lipinski definition) is 2. The second kappa shape index (κ2) is 3.94. The fraction of sp³-hybridized carbons (Fsp3) is 1.00. The van der Waals surface area contributed by atoms with Crippen molar-refractivity contribution in [2.75, 3.05) is 13.1 Å². The van der Waals surface area contributed by atoms with E-state index in [1.807, 2.05) is 0 Å². The van der Waals surface area contributed by atoms with E-state index in [1.54, 1.807) is 6.42 Å². The lowest BCUT2D eigenvalue weighted by Crippen LogP contribution is -2.32. The summed E-state index contributed by atoms with van der Waals surface area (Å²) in [4.78, 5) is 0. The Morgan fingerprint density at radius 3 is 2.35 bits per heavy atom. The van der Waals surface area contributed by atoms with Gasteiger partial charge in [-0.15, -0.1) is 0 Å². The average Bonchev–Trinajstić information content (AvgIpc) is 2.81. The number of fused-ring (bicyclic) bond motifs is 5. The Bertz CT molecular complexity index is 293. The van der Waals surface area contributed by atoms with E-state index in [9.17, 15) is 0 Å². The second-order valence-corrected chi connectivity index (χ2v) is 6.62. The monoisotopic (exact) mass is 236 g/mol. The van der Waals surface area contributed by atoms with Crippen LogP contribution in [0.4, 0.5) is 0 Å². The maximum atomic E-state index is 5.89. The van der Waals surface area contributed by atoms with Gasteiger partial charge in [0.2, 0.25) is 0 Å². The first-order valence-electron chi connectivity index (χ1n) is 7.45. The molecule has 0 aromatic carbocycles. The fourth-order valence-electron chi connectivity index (χ4n) is 4.97. The van der Waals surface area contributed by atoms with Crippen molar-refractivity contribution in [3.63, 3.8) is 0 Å². The summed E-state index contributed by atoms with van der Waals surface area (Å²) in [6.07, 6.45) is 7.69. The maximum absolute atomic E-state index is 5.89. The molecule has 1 aliphatic heterocycles. The van der Waals surface area contributed by atoms with E-state index in [-0.39, 0.29) is 0 Å². The summed E-state index contributed by atoms with van der Waals surface area (Å²) in [5.41, 5.74) is 5.64. The molecule has 1 heterocycles. The Morgan fingerprint density at radius 1 is 1.00 bits per heavy atom. The summed E-state index contributed by atoms with van der Waals surface area (Å²) < 4.78 is 5.89. The van der Waals surface area contributed by atoms with Crippen LogP contribution < -0.4 is 11.1 Å². The first-order chi connectivity index (χ1) is 8.36. The predicted molar refractivity (Wildman–Crippen MR) is 66.6 cm³/mol. The molecule has 2 bridgehead atoms. The standard InChI is InChI=1S/C14H24N2O/c15-6-10-3-4-11(17-10)7-16-14-12-8-1-2-9(5-8)13(12)14/h8-14,16H,1-7,15H2. The van der Waals surface area contributed by atoms with Crippen molar-refractivity contribution >= 4 is 0 Å². The largest absolute Gasteiger partial charge is 0.372 e. The molecule has 3 aliphatic carbocycles. The van der Waals surface area contributed by atoms with Crippen molar-refractivity contribution in [3.8, 4) is 0 Å². The van der Waals surface area contributed by atoms with Gasteiger partial charge in [0.25, 0.3) is 0 Å². The van der Waals surface area contributed by atoms with Crippen molar-refractivity contribution in [1.82, 2.24) is 5.32 Å². The van der Waals surface area contributed by atoms with Crippen LogP contribution in [0.2, 0.25) is 0 Å². The molecule has 3 saturated carbocycles. The van der Waals surface area contributed by atoms with Crippen molar-refractivity contribution in [2.45, 2.75) is 50.4 Å². The summed E-state index contributed by atoms with van der Waals surface area (Å²) in [5.74, 6) is 4.23. The Hall–Kier alpha value is -0.120. The number of ether oxygens (including phenoxy) is 1. The minimum atomic E-state index is 0.330. The molecule has 17 heavy (non-hydrogen) atoms. The molecule has 3 N–H and O–H groups in total. The van der Waals surface area contributed by atoms with Gasteiger partial charge in [0, 0.05) is 19.1 Å². The maximum Gasteiger partial charge on any atom is 0.0704 e. The molecule has 3 heteroatoms. The van der Waals surface area contributed by atoms with Crippen LogP contribution in [-0.2, 0) is 4.74 Å². The third-order valence-electron chi connectivity index (χ3n) is 5.77. The second-order valence-electron chi connectivity index (χ2n) is 6.62. The van der Waals surface area contributed by atoms with E-state index in [4.69, 9.17) is 10.5 Å². The van der Waals surface area contributed by atoms with E-state index in [0.717, 1.165) is 42.7 Å². The molecule has 6 unspecified atom stereocenters. The van der Waals surface area contributed by atoms with Crippen LogP contribution in [0.1, 0.15) is 32.1 Å². The van der Waals surface area contributed by atoms with Gasteiger partial charge in [-0.25, -0.2) is 0 Å². The molecule has 6 atom stereocenters. The lowest BCUT2D eigenvalue weighted by atomic mass is 10.0. The van der Waals surface area contributed by atoms with E-state index >= 15 is 0 Å². The topological polar surface area (TPSA) is 47.3 Å². The van der Waals surface area contributed by atoms with Crippen LogP contribution in [-0.4, -0.2) is 31.3 Å². The molecule has 0 spiro atoms. The molecule has 0 aromatic rings. The summed E-state index contributed by atoms with van der Waals surface area (Å²) in [7, 11) is 0. The molecule has 0 radical (unpaired) electrons. The van der Waals surface area contributed by atoms with Gasteiger partial charge >= 0.3 is 0 Å². The Morgan fingerprint density at radius 2 is 1.71 bits per heavy atom. The van der Waals surface area contributed by atoms with Crippen LogP contribution >= 0.6 is 0 Å². The zero-order valence-corrected chi connectivity index (χ0v) is 10.5. The van der Waals surface area contributed by atoms with Gasteiger partial charge in [0.05, 0.1) is 12.2 Å². The van der Waals surface area contributed by atoms with Gasteiger partial charge in [0.15, 0.2) is 0 Å². The Kier molecular flexibility index (Phi) is 2.50. The van der Waals surface area contributed by atoms with Crippen LogP contribution in [0.5, 0.6) is 0 Å². The van der Waals surface area contributed by atoms with Gasteiger partial charge < -0.3 is 15.8 Å². The van der Waals surface area contributed by atoms with Gasteiger partial charge in [0.1, 0.15) is 0 Å². The Labute approximate surface area is 103 Å². The predicted octanol–water partition coefficient (Wildman–Crippen LogP) is 1.13. The van der Waals surface area contributed by atoms with Crippen LogP contribution in [0.25, 0.3) is 0 Å². The quantitative estimate of drug-likeness (QED) is 0.769. The fourth-order valence-corrected chi connectivity index (χ4v) is 4.97. The normalized spacial score (nSPS) is 55.2. The lowest BCUT2D eigenvalue weighted by molar-refractivity contribution is 0.0497. The van der Waals surface area contributed by atoms with Gasteiger partial charge in [-0.1, -0.05) is 0 Å². The van der Waals surface area contributed by atoms with E-state index in [1.165, 1.54) is 19.3 Å². The SMILES string of the molecule is NCC1CCC(CNC2C3C4CCC(C4)C23)O1. The van der Waals surface area contributed by atoms with Gasteiger partial charge in [-0.3, -0.25) is 0 Å². The molecule has 0 aromatic heterocycles. The van der Waals surface area contributed by atoms with Crippen molar-refractivity contribution in [1.29, 1.82) is 0 Å². The number of rotatable bonds is 4. The highest BCUT2D eigenvalue weighted by molar-refractivity contribution is 5.16. The van der Waals surface area contributed by atoms with Crippen molar-refractivity contribution < 1.29 is 4.74 Å². The highest BCUT2D eigenvalue weighted by Gasteiger charge is 2.64. The average molecular weight is 236 g/mol. The van der Waals surface area contributed by atoms with E-state index in [0.29, 0.717) is 18.8 Å². The number of nitrogens with one attached hydrogen (secondary N) is 1. The molecule has 0 amide bonds. The molecule has 1 saturated heterocycles. The number of hydrogen-bond acceptors (Lipinski definition) is 3. The first-order valence-corrected chi connectivity index (χ1v) is 7.45. The highest BCUT2D eigenvalue weighted by atomic mass is 16.5. The first kappa shape index (κ1) is 10.8. The molecule has 96 valence electrons. The lowest BCUT2D eigenvalue weighted by Gasteiger charge is -2.15. The zero-order chi connectivity index (χ0) is 11.4. The summed E-state index contributed by atoms with van der Waals surface area (Å²) >= 11 is 0. The third-order valence-corrected chi connectivity index (χ3v) is 5.77. The minimum absolute atomic E-state index is 0.330. The molecule has 4 rings (SSSR count). The van der Waals surface area contributed by atoms with E-state index < -0.39 is 0 Å². The summed E-state index contributed by atoms with van der Waals surface area (Å²) in [6, 6.07) is 0.849. The third kappa shape index (κ3) is 1.66. The smallest absolute Gasteiger partial charge is 0.0704 e. The van der Waals surface area contributed by atoms with Crippen LogP contribution in [0, 0.1) is 23.7 Å². The highest BCUT2D eigenvalue weighted by Crippen LogP contribution is 2.65. The van der Waals surface area contributed by atoms with E-state index in [2.05, 4.69) is 5.32 Å².